The Morgan fingerprint density at radius 1 is 1.50 bits per heavy atom. The summed E-state index contributed by atoms with van der Waals surface area (Å²) in [5.74, 6) is 0. The van der Waals surface area contributed by atoms with Crippen LogP contribution in [0.5, 0.6) is 0 Å². The first-order valence-electron chi connectivity index (χ1n) is 5.05. The molecule has 0 saturated carbocycles. The second kappa shape index (κ2) is 6.18. The van der Waals surface area contributed by atoms with Gasteiger partial charge in [-0.3, -0.25) is 0 Å². The Bertz CT molecular complexity index is 358. The van der Waals surface area contributed by atoms with Crippen LogP contribution in [0.3, 0.4) is 0 Å². The van der Waals surface area contributed by atoms with E-state index in [1.165, 1.54) is 12.3 Å². The smallest absolute Gasteiger partial charge is 0.140 e. The van der Waals surface area contributed by atoms with Crippen LogP contribution in [0.4, 0.5) is 0 Å². The average Bonchev–Trinajstić information content (AvgIpc) is 2.35. The number of pyridine rings is 1. The van der Waals surface area contributed by atoms with Gasteiger partial charge in [0.1, 0.15) is 17.9 Å². The van der Waals surface area contributed by atoms with E-state index in [1.807, 2.05) is 6.07 Å². The van der Waals surface area contributed by atoms with Gasteiger partial charge >= 0.3 is 0 Å². The third kappa shape index (κ3) is 3.28. The predicted molar refractivity (Wildman–Crippen MR) is 58.5 cm³/mol. The van der Waals surface area contributed by atoms with Crippen molar-refractivity contribution < 1.29 is 10.2 Å². The van der Waals surface area contributed by atoms with Crippen molar-refractivity contribution in [2.45, 2.75) is 18.6 Å². The van der Waals surface area contributed by atoms with E-state index in [0.29, 0.717) is 24.2 Å². The van der Waals surface area contributed by atoms with Crippen molar-refractivity contribution in [1.29, 1.82) is 5.26 Å². The topological polar surface area (TPSA) is 89.2 Å². The van der Waals surface area contributed by atoms with Gasteiger partial charge in [0.25, 0.3) is 0 Å². The molecule has 1 aromatic rings. The summed E-state index contributed by atoms with van der Waals surface area (Å²) in [6.45, 7) is 0.627. The SMILES string of the molecule is CNCCC(O)C(O)c1ccc(C#N)nc1. The highest BCUT2D eigenvalue weighted by atomic mass is 16.3. The van der Waals surface area contributed by atoms with Crippen molar-refractivity contribution >= 4 is 0 Å². The number of aromatic nitrogens is 1. The highest BCUT2D eigenvalue weighted by Crippen LogP contribution is 2.17. The molecule has 0 fully saturated rings. The molecule has 0 spiro atoms. The fourth-order valence-electron chi connectivity index (χ4n) is 1.32. The van der Waals surface area contributed by atoms with Gasteiger partial charge in [0.2, 0.25) is 0 Å². The molecule has 0 aliphatic rings. The van der Waals surface area contributed by atoms with E-state index in [9.17, 15) is 10.2 Å². The van der Waals surface area contributed by atoms with Crippen LogP contribution in [0.2, 0.25) is 0 Å². The second-order valence-electron chi connectivity index (χ2n) is 3.49. The summed E-state index contributed by atoms with van der Waals surface area (Å²) in [4.78, 5) is 3.83. The Labute approximate surface area is 94.4 Å². The third-order valence-electron chi connectivity index (χ3n) is 2.30. The molecule has 0 bridgehead atoms. The van der Waals surface area contributed by atoms with Gasteiger partial charge in [-0.15, -0.1) is 0 Å². The van der Waals surface area contributed by atoms with Crippen molar-refractivity contribution in [2.75, 3.05) is 13.6 Å². The van der Waals surface area contributed by atoms with Crippen LogP contribution in [0.15, 0.2) is 18.3 Å². The first-order chi connectivity index (χ1) is 7.69. The molecule has 16 heavy (non-hydrogen) atoms. The number of nitrogens with one attached hydrogen (secondary N) is 1. The molecule has 3 N–H and O–H groups in total. The molecule has 0 radical (unpaired) electrons. The zero-order valence-electron chi connectivity index (χ0n) is 9.09. The van der Waals surface area contributed by atoms with Crippen molar-refractivity contribution in [3.05, 3.63) is 29.6 Å². The molecule has 5 nitrogen and oxygen atoms in total. The quantitative estimate of drug-likeness (QED) is 0.649. The van der Waals surface area contributed by atoms with E-state index in [2.05, 4.69) is 10.3 Å². The molecule has 1 heterocycles. The second-order valence-corrected chi connectivity index (χ2v) is 3.49. The number of hydrogen-bond donors (Lipinski definition) is 3. The summed E-state index contributed by atoms with van der Waals surface area (Å²) in [5.41, 5.74) is 0.809. The van der Waals surface area contributed by atoms with Gasteiger partial charge < -0.3 is 15.5 Å². The van der Waals surface area contributed by atoms with Crippen molar-refractivity contribution in [1.82, 2.24) is 10.3 Å². The van der Waals surface area contributed by atoms with Gasteiger partial charge in [-0.25, -0.2) is 4.98 Å². The van der Waals surface area contributed by atoms with E-state index in [1.54, 1.807) is 13.1 Å². The lowest BCUT2D eigenvalue weighted by molar-refractivity contribution is 0.0138. The molecule has 0 saturated heterocycles. The van der Waals surface area contributed by atoms with Crippen molar-refractivity contribution in [2.24, 2.45) is 0 Å². The van der Waals surface area contributed by atoms with Crippen LogP contribution in [0, 0.1) is 11.3 Å². The lowest BCUT2D eigenvalue weighted by Gasteiger charge is -2.17. The Morgan fingerprint density at radius 2 is 2.25 bits per heavy atom. The zero-order valence-corrected chi connectivity index (χ0v) is 9.09. The minimum absolute atomic E-state index is 0.292. The van der Waals surface area contributed by atoms with Gasteiger partial charge in [-0.05, 0) is 26.1 Å². The molecule has 0 aromatic carbocycles. The molecule has 2 atom stereocenters. The maximum Gasteiger partial charge on any atom is 0.140 e. The summed E-state index contributed by atoms with van der Waals surface area (Å²) in [6.07, 6.45) is 0.0690. The van der Waals surface area contributed by atoms with Gasteiger partial charge in [0, 0.05) is 11.8 Å². The molecule has 5 heteroatoms. The fraction of sp³-hybridized carbons (Fsp3) is 0.455. The van der Waals surface area contributed by atoms with Crippen molar-refractivity contribution in [3.63, 3.8) is 0 Å². The number of aliphatic hydroxyl groups is 2. The lowest BCUT2D eigenvalue weighted by Crippen LogP contribution is -2.23. The van der Waals surface area contributed by atoms with Crippen LogP contribution in [0.1, 0.15) is 23.8 Å². The number of nitriles is 1. The molecule has 1 aromatic heterocycles. The summed E-state index contributed by atoms with van der Waals surface area (Å²) in [7, 11) is 1.78. The Balaban J connectivity index is 2.65. The molecule has 2 unspecified atom stereocenters. The number of aliphatic hydroxyl groups excluding tert-OH is 2. The van der Waals surface area contributed by atoms with E-state index in [0.717, 1.165) is 0 Å². The standard InChI is InChI=1S/C11H15N3O2/c1-13-5-4-10(15)11(16)8-2-3-9(6-12)14-7-8/h2-3,7,10-11,13,15-16H,4-5H2,1H3. The first-order valence-corrected chi connectivity index (χ1v) is 5.05. The minimum Gasteiger partial charge on any atom is -0.390 e. The van der Waals surface area contributed by atoms with E-state index >= 15 is 0 Å². The molecule has 0 amide bonds. The Morgan fingerprint density at radius 3 is 2.75 bits per heavy atom. The normalized spacial score (nSPS) is 14.1. The van der Waals surface area contributed by atoms with E-state index in [-0.39, 0.29) is 0 Å². The van der Waals surface area contributed by atoms with Crippen LogP contribution in [-0.2, 0) is 0 Å². The zero-order chi connectivity index (χ0) is 12.0. The Kier molecular flexibility index (Phi) is 4.86. The average molecular weight is 221 g/mol. The summed E-state index contributed by atoms with van der Waals surface area (Å²) in [5, 5.41) is 30.9. The molecule has 1 rings (SSSR count). The van der Waals surface area contributed by atoms with Crippen LogP contribution < -0.4 is 5.32 Å². The summed E-state index contributed by atoms with van der Waals surface area (Å²) >= 11 is 0. The molecule has 0 aliphatic heterocycles. The predicted octanol–water partition coefficient (Wildman–Crippen LogP) is -0.0429. The van der Waals surface area contributed by atoms with E-state index < -0.39 is 12.2 Å². The highest BCUT2D eigenvalue weighted by molar-refractivity contribution is 5.24. The lowest BCUT2D eigenvalue weighted by atomic mass is 10.0. The van der Waals surface area contributed by atoms with Gasteiger partial charge in [0.15, 0.2) is 0 Å². The van der Waals surface area contributed by atoms with Gasteiger partial charge in [-0.1, -0.05) is 6.07 Å². The molecule has 86 valence electrons. The number of rotatable bonds is 5. The first kappa shape index (κ1) is 12.6. The maximum absolute atomic E-state index is 9.78. The third-order valence-corrected chi connectivity index (χ3v) is 2.30. The van der Waals surface area contributed by atoms with Crippen LogP contribution in [-0.4, -0.2) is 34.9 Å². The summed E-state index contributed by atoms with van der Waals surface area (Å²) < 4.78 is 0. The molecular weight excluding hydrogens is 206 g/mol. The summed E-state index contributed by atoms with van der Waals surface area (Å²) in [6, 6.07) is 5.00. The fourth-order valence-corrected chi connectivity index (χ4v) is 1.32. The Hall–Kier alpha value is -1.48. The largest absolute Gasteiger partial charge is 0.390 e. The minimum atomic E-state index is -0.964. The number of hydrogen-bond acceptors (Lipinski definition) is 5. The molecular formula is C11H15N3O2. The molecule has 0 aliphatic carbocycles. The maximum atomic E-state index is 9.78. The van der Waals surface area contributed by atoms with E-state index in [4.69, 9.17) is 5.26 Å². The highest BCUT2D eigenvalue weighted by Gasteiger charge is 2.17. The monoisotopic (exact) mass is 221 g/mol. The van der Waals surface area contributed by atoms with Crippen LogP contribution >= 0.6 is 0 Å². The van der Waals surface area contributed by atoms with Gasteiger partial charge in [0.05, 0.1) is 6.10 Å². The number of nitrogens with zero attached hydrogens (tertiary/aromatic N) is 2. The van der Waals surface area contributed by atoms with Gasteiger partial charge in [-0.2, -0.15) is 5.26 Å². The van der Waals surface area contributed by atoms with Crippen molar-refractivity contribution in [3.8, 4) is 6.07 Å². The van der Waals surface area contributed by atoms with Crippen LogP contribution in [0.25, 0.3) is 0 Å².